The third-order valence-corrected chi connectivity index (χ3v) is 6.11. The van der Waals surface area contributed by atoms with Crippen molar-refractivity contribution in [3.05, 3.63) is 64.2 Å². The molecule has 0 aliphatic carbocycles. The Balaban J connectivity index is 1.81. The van der Waals surface area contributed by atoms with Crippen LogP contribution in [0.2, 0.25) is 0 Å². The topological polar surface area (TPSA) is 120 Å². The van der Waals surface area contributed by atoms with Crippen molar-refractivity contribution in [3.8, 4) is 34.2 Å². The summed E-state index contributed by atoms with van der Waals surface area (Å²) < 4.78 is 25.3. The first-order valence-electron chi connectivity index (χ1n) is 12.3. The summed E-state index contributed by atoms with van der Waals surface area (Å²) in [6.45, 7) is 5.88. The van der Waals surface area contributed by atoms with E-state index in [4.69, 9.17) is 19.7 Å². The van der Waals surface area contributed by atoms with Gasteiger partial charge in [0.05, 0.1) is 23.9 Å². The van der Waals surface area contributed by atoms with Crippen LogP contribution in [-0.2, 0) is 4.74 Å². The largest absolute Gasteiger partial charge is 0.497 e. The van der Waals surface area contributed by atoms with E-state index in [1.807, 2.05) is 11.0 Å². The van der Waals surface area contributed by atoms with E-state index in [1.54, 1.807) is 58.2 Å². The number of H-pyrrole nitrogens is 1. The number of carbonyl (C=O) groups is 1. The molecular formula is C28H30FN5O4. The number of halogens is 1. The molecular weight excluding hydrogens is 489 g/mol. The molecule has 0 radical (unpaired) electrons. The molecule has 2 heterocycles. The van der Waals surface area contributed by atoms with Gasteiger partial charge in [-0.25, -0.2) is 14.2 Å². The lowest BCUT2D eigenvalue weighted by atomic mass is 9.99. The van der Waals surface area contributed by atoms with Crippen molar-refractivity contribution in [3.63, 3.8) is 0 Å². The monoisotopic (exact) mass is 519 g/mol. The van der Waals surface area contributed by atoms with Crippen LogP contribution >= 0.6 is 0 Å². The Bertz CT molecular complexity index is 1420. The number of carbonyl (C=O) groups excluding carboxylic acids is 1. The maximum Gasteiger partial charge on any atom is 0.409 e. The second-order valence-corrected chi connectivity index (χ2v) is 10.00. The van der Waals surface area contributed by atoms with Gasteiger partial charge in [-0.3, -0.25) is 9.78 Å². The van der Waals surface area contributed by atoms with Crippen LogP contribution in [0.15, 0.2) is 47.3 Å². The Kier molecular flexibility index (Phi) is 7.67. The highest BCUT2D eigenvalue weighted by Crippen LogP contribution is 2.32. The summed E-state index contributed by atoms with van der Waals surface area (Å²) in [5.74, 6) is 0.148. The third kappa shape index (κ3) is 5.94. The predicted octanol–water partition coefficient (Wildman–Crippen LogP) is 4.96. The van der Waals surface area contributed by atoms with E-state index in [0.29, 0.717) is 29.8 Å². The van der Waals surface area contributed by atoms with Gasteiger partial charge in [-0.2, -0.15) is 5.26 Å². The van der Waals surface area contributed by atoms with Crippen LogP contribution in [0, 0.1) is 17.1 Å². The smallest absolute Gasteiger partial charge is 0.409 e. The van der Waals surface area contributed by atoms with Crippen molar-refractivity contribution < 1.29 is 18.7 Å². The van der Waals surface area contributed by atoms with Crippen molar-refractivity contribution in [1.82, 2.24) is 15.3 Å². The lowest BCUT2D eigenvalue weighted by Crippen LogP contribution is -2.52. The maximum absolute atomic E-state index is 14.6. The molecule has 2 aromatic carbocycles. The molecule has 1 unspecified atom stereocenters. The number of amides is 1. The summed E-state index contributed by atoms with van der Waals surface area (Å²) in [6, 6.07) is 12.8. The Hall–Kier alpha value is -4.39. The van der Waals surface area contributed by atoms with Gasteiger partial charge in [0, 0.05) is 12.1 Å². The number of alkyl carbamates (subject to hydrolysis) is 1. The highest BCUT2D eigenvalue weighted by Gasteiger charge is 2.29. The molecule has 4 rings (SSSR count). The number of ether oxygens (including phenoxy) is 2. The number of aromatic nitrogens is 2. The van der Waals surface area contributed by atoms with Crippen LogP contribution in [0.25, 0.3) is 22.4 Å². The number of piperidine rings is 1. The summed E-state index contributed by atoms with van der Waals surface area (Å²) in [5.41, 5.74) is 0.196. The summed E-state index contributed by atoms with van der Waals surface area (Å²) in [5, 5.41) is 12.0. The van der Waals surface area contributed by atoms with Crippen molar-refractivity contribution in [1.29, 1.82) is 5.26 Å². The number of anilines is 1. The van der Waals surface area contributed by atoms with Crippen molar-refractivity contribution in [2.45, 2.75) is 51.8 Å². The van der Waals surface area contributed by atoms with Crippen LogP contribution in [0.5, 0.6) is 5.75 Å². The van der Waals surface area contributed by atoms with Gasteiger partial charge in [0.25, 0.3) is 5.56 Å². The lowest BCUT2D eigenvalue weighted by Gasteiger charge is -2.37. The highest BCUT2D eigenvalue weighted by molar-refractivity contribution is 5.81. The third-order valence-electron chi connectivity index (χ3n) is 6.11. The zero-order chi connectivity index (χ0) is 27.4. The van der Waals surface area contributed by atoms with Gasteiger partial charge in [0.15, 0.2) is 0 Å². The SMILES string of the molecule is COc1ccc(-c2c(-c3ccc(C#N)c(F)c3)nc(N3CCCCC3NC(=O)OC(C)(C)C)[nH]c2=O)cc1. The summed E-state index contributed by atoms with van der Waals surface area (Å²) in [7, 11) is 1.55. The van der Waals surface area contributed by atoms with Gasteiger partial charge in [0.1, 0.15) is 29.4 Å². The molecule has 0 spiro atoms. The molecule has 1 aliphatic rings. The Morgan fingerprint density at radius 3 is 2.53 bits per heavy atom. The zero-order valence-corrected chi connectivity index (χ0v) is 21.8. The van der Waals surface area contributed by atoms with Gasteiger partial charge in [-0.15, -0.1) is 0 Å². The first-order chi connectivity index (χ1) is 18.1. The van der Waals surface area contributed by atoms with Crippen molar-refractivity contribution in [2.75, 3.05) is 18.6 Å². The van der Waals surface area contributed by atoms with E-state index in [2.05, 4.69) is 10.3 Å². The maximum atomic E-state index is 14.6. The summed E-state index contributed by atoms with van der Waals surface area (Å²) in [6.07, 6.45) is 1.31. The van der Waals surface area contributed by atoms with Crippen LogP contribution in [0.4, 0.5) is 15.1 Å². The molecule has 1 fully saturated rings. The molecule has 2 N–H and O–H groups in total. The minimum Gasteiger partial charge on any atom is -0.497 e. The molecule has 1 saturated heterocycles. The zero-order valence-electron chi connectivity index (χ0n) is 21.8. The quantitative estimate of drug-likeness (QED) is 0.489. The molecule has 3 aromatic rings. The number of methoxy groups -OCH3 is 1. The van der Waals surface area contributed by atoms with Gasteiger partial charge < -0.3 is 19.7 Å². The number of aromatic amines is 1. The van der Waals surface area contributed by atoms with Crippen molar-refractivity contribution in [2.24, 2.45) is 0 Å². The number of hydrogen-bond donors (Lipinski definition) is 2. The van der Waals surface area contributed by atoms with Crippen LogP contribution in [-0.4, -0.2) is 41.5 Å². The van der Waals surface area contributed by atoms with E-state index < -0.39 is 29.2 Å². The average Bonchev–Trinajstić information content (AvgIpc) is 2.87. The number of nitriles is 1. The fraction of sp³-hybridized carbons (Fsp3) is 0.357. The Morgan fingerprint density at radius 2 is 1.89 bits per heavy atom. The second-order valence-electron chi connectivity index (χ2n) is 10.00. The normalized spacial score (nSPS) is 15.5. The molecule has 1 aliphatic heterocycles. The first kappa shape index (κ1) is 26.7. The fourth-order valence-electron chi connectivity index (χ4n) is 4.36. The molecule has 0 bridgehead atoms. The highest BCUT2D eigenvalue weighted by atomic mass is 19.1. The summed E-state index contributed by atoms with van der Waals surface area (Å²) in [4.78, 5) is 35.5. The van der Waals surface area contributed by atoms with Crippen LogP contribution in [0.3, 0.4) is 0 Å². The molecule has 0 saturated carbocycles. The summed E-state index contributed by atoms with van der Waals surface area (Å²) >= 11 is 0. The molecule has 1 aromatic heterocycles. The Morgan fingerprint density at radius 1 is 1.18 bits per heavy atom. The van der Waals surface area contributed by atoms with E-state index >= 15 is 0 Å². The number of benzene rings is 2. The molecule has 1 amide bonds. The van der Waals surface area contributed by atoms with E-state index in [9.17, 15) is 14.0 Å². The van der Waals surface area contributed by atoms with Crippen LogP contribution < -0.4 is 20.5 Å². The first-order valence-corrected chi connectivity index (χ1v) is 12.3. The second kappa shape index (κ2) is 10.9. The molecule has 10 heteroatoms. The minimum absolute atomic E-state index is 0.109. The number of rotatable bonds is 5. The average molecular weight is 520 g/mol. The number of nitrogens with zero attached hydrogens (tertiary/aromatic N) is 3. The van der Waals surface area contributed by atoms with Gasteiger partial charge in [0.2, 0.25) is 5.95 Å². The van der Waals surface area contributed by atoms with E-state index in [0.717, 1.165) is 12.8 Å². The molecule has 1 atom stereocenters. The van der Waals surface area contributed by atoms with Gasteiger partial charge in [-0.1, -0.05) is 18.2 Å². The van der Waals surface area contributed by atoms with Crippen molar-refractivity contribution >= 4 is 12.0 Å². The molecule has 198 valence electrons. The Labute approximate surface area is 220 Å². The molecule has 9 nitrogen and oxygen atoms in total. The fourth-order valence-corrected chi connectivity index (χ4v) is 4.36. The standard InChI is InChI=1S/C28H30FN5O4/c1-28(2,3)38-27(36)31-22-7-5-6-14-34(22)26-32-24(18-8-9-19(16-30)21(29)15-18)23(25(35)33-26)17-10-12-20(37-4)13-11-17/h8-13,15,22H,5-7,14H2,1-4H3,(H,31,36)(H,32,33,35). The molecule has 38 heavy (non-hydrogen) atoms. The van der Waals surface area contributed by atoms with Gasteiger partial charge in [-0.05, 0) is 69.9 Å². The van der Waals surface area contributed by atoms with Crippen LogP contribution in [0.1, 0.15) is 45.6 Å². The number of nitrogens with one attached hydrogen (secondary N) is 2. The van der Waals surface area contributed by atoms with E-state index in [1.165, 1.54) is 12.1 Å². The number of hydrogen-bond acceptors (Lipinski definition) is 7. The van der Waals surface area contributed by atoms with Gasteiger partial charge >= 0.3 is 6.09 Å². The predicted molar refractivity (Wildman–Crippen MR) is 141 cm³/mol. The van der Waals surface area contributed by atoms with E-state index in [-0.39, 0.29) is 22.8 Å². The lowest BCUT2D eigenvalue weighted by molar-refractivity contribution is 0.0495. The minimum atomic E-state index is -0.711.